The second-order valence-corrected chi connectivity index (χ2v) is 4.27. The normalized spacial score (nSPS) is 11.7. The number of benzene rings is 1. The van der Waals surface area contributed by atoms with Gasteiger partial charge in [-0.3, -0.25) is 9.59 Å². The molecule has 0 saturated heterocycles. The van der Waals surface area contributed by atoms with Crippen LogP contribution in [-0.2, 0) is 9.53 Å². The van der Waals surface area contributed by atoms with Gasteiger partial charge in [-0.05, 0) is 24.6 Å². The Morgan fingerprint density at radius 1 is 1.50 bits per heavy atom. The van der Waals surface area contributed by atoms with Gasteiger partial charge in [0.15, 0.2) is 6.29 Å². The van der Waals surface area contributed by atoms with Crippen LogP contribution in [0, 0.1) is 5.92 Å². The summed E-state index contributed by atoms with van der Waals surface area (Å²) in [5.74, 6) is 0.107. The predicted molar refractivity (Wildman–Crippen MR) is 68.1 cm³/mol. The van der Waals surface area contributed by atoms with Crippen molar-refractivity contribution in [3.8, 4) is 5.75 Å². The van der Waals surface area contributed by atoms with Crippen LogP contribution < -0.4 is 4.74 Å². The van der Waals surface area contributed by atoms with Gasteiger partial charge in [0.25, 0.3) is 0 Å². The molecule has 0 amide bonds. The van der Waals surface area contributed by atoms with Crippen molar-refractivity contribution in [2.24, 2.45) is 5.92 Å². The van der Waals surface area contributed by atoms with Crippen molar-refractivity contribution in [1.82, 2.24) is 0 Å². The Morgan fingerprint density at radius 3 is 2.78 bits per heavy atom. The van der Waals surface area contributed by atoms with E-state index in [-0.39, 0.29) is 11.9 Å². The first kappa shape index (κ1) is 14.5. The van der Waals surface area contributed by atoms with E-state index in [0.29, 0.717) is 35.6 Å². The number of hydrogen-bond acceptors (Lipinski definition) is 4. The number of hydrogen-bond donors (Lipinski definition) is 0. The van der Waals surface area contributed by atoms with Gasteiger partial charge in [-0.25, -0.2) is 0 Å². The Balaban J connectivity index is 2.47. The summed E-state index contributed by atoms with van der Waals surface area (Å²) in [6, 6.07) is 4.83. The second kappa shape index (κ2) is 7.01. The highest BCUT2D eigenvalue weighted by Gasteiger charge is 2.12. The lowest BCUT2D eigenvalue weighted by Crippen LogP contribution is -2.15. The molecule has 5 heteroatoms. The van der Waals surface area contributed by atoms with Crippen molar-refractivity contribution >= 4 is 23.9 Å². The van der Waals surface area contributed by atoms with E-state index in [2.05, 4.69) is 4.74 Å². The third-order valence-corrected chi connectivity index (χ3v) is 2.85. The molecule has 1 aromatic rings. The van der Waals surface area contributed by atoms with Gasteiger partial charge in [0, 0.05) is 5.56 Å². The van der Waals surface area contributed by atoms with E-state index >= 15 is 0 Å². The number of carbonyl (C=O) groups is 2. The van der Waals surface area contributed by atoms with Crippen LogP contribution in [0.5, 0.6) is 5.75 Å². The van der Waals surface area contributed by atoms with Crippen molar-refractivity contribution in [3.05, 3.63) is 28.8 Å². The van der Waals surface area contributed by atoms with Gasteiger partial charge in [-0.15, -0.1) is 0 Å². The predicted octanol–water partition coefficient (Wildman–Crippen LogP) is 2.73. The van der Waals surface area contributed by atoms with Crippen molar-refractivity contribution in [1.29, 1.82) is 0 Å². The minimum Gasteiger partial charge on any atom is -0.494 e. The number of halogens is 1. The Morgan fingerprint density at radius 2 is 2.22 bits per heavy atom. The lowest BCUT2D eigenvalue weighted by Gasteiger charge is -2.10. The Bertz CT molecular complexity index is 431. The molecule has 1 rings (SSSR count). The maximum atomic E-state index is 11.2. The van der Waals surface area contributed by atoms with Crippen molar-refractivity contribution in [2.75, 3.05) is 13.7 Å². The number of rotatable bonds is 6. The van der Waals surface area contributed by atoms with Crippen molar-refractivity contribution in [2.45, 2.75) is 13.3 Å². The summed E-state index contributed by atoms with van der Waals surface area (Å²) >= 11 is 5.86. The highest BCUT2D eigenvalue weighted by atomic mass is 35.5. The second-order valence-electron chi connectivity index (χ2n) is 3.86. The Labute approximate surface area is 111 Å². The fourth-order valence-corrected chi connectivity index (χ4v) is 1.58. The molecule has 98 valence electrons. The summed E-state index contributed by atoms with van der Waals surface area (Å²) in [5, 5.41) is 0.350. The van der Waals surface area contributed by atoms with E-state index in [9.17, 15) is 9.59 Å². The monoisotopic (exact) mass is 270 g/mol. The fourth-order valence-electron chi connectivity index (χ4n) is 1.37. The van der Waals surface area contributed by atoms with Gasteiger partial charge < -0.3 is 9.47 Å². The van der Waals surface area contributed by atoms with Gasteiger partial charge in [-0.2, -0.15) is 0 Å². The van der Waals surface area contributed by atoms with E-state index in [1.54, 1.807) is 25.1 Å². The average molecular weight is 271 g/mol. The first-order valence-electron chi connectivity index (χ1n) is 5.53. The highest BCUT2D eigenvalue weighted by Crippen LogP contribution is 2.21. The first-order valence-corrected chi connectivity index (χ1v) is 5.91. The summed E-state index contributed by atoms with van der Waals surface area (Å²) in [4.78, 5) is 21.7. The Kier molecular flexibility index (Phi) is 5.65. The van der Waals surface area contributed by atoms with Gasteiger partial charge in [0.1, 0.15) is 5.75 Å². The highest BCUT2D eigenvalue weighted by molar-refractivity contribution is 6.33. The molecule has 0 radical (unpaired) electrons. The zero-order valence-electron chi connectivity index (χ0n) is 10.3. The molecule has 4 nitrogen and oxygen atoms in total. The molecular formula is C13H15ClO4. The van der Waals surface area contributed by atoms with Crippen LogP contribution in [0.4, 0.5) is 0 Å². The maximum Gasteiger partial charge on any atom is 0.308 e. The smallest absolute Gasteiger partial charge is 0.308 e. The molecule has 0 aliphatic heterocycles. The minimum absolute atomic E-state index is 0.209. The van der Waals surface area contributed by atoms with E-state index < -0.39 is 0 Å². The fraction of sp³-hybridized carbons (Fsp3) is 0.385. The molecule has 0 bridgehead atoms. The molecular weight excluding hydrogens is 256 g/mol. The van der Waals surface area contributed by atoms with Gasteiger partial charge >= 0.3 is 5.97 Å². The maximum absolute atomic E-state index is 11.2. The molecule has 0 N–H and O–H groups in total. The summed E-state index contributed by atoms with van der Waals surface area (Å²) in [7, 11) is 1.36. The molecule has 0 aromatic heterocycles. The zero-order valence-corrected chi connectivity index (χ0v) is 11.1. The van der Waals surface area contributed by atoms with Crippen LogP contribution in [0.3, 0.4) is 0 Å². The molecule has 18 heavy (non-hydrogen) atoms. The van der Waals surface area contributed by atoms with E-state index in [4.69, 9.17) is 16.3 Å². The van der Waals surface area contributed by atoms with Crippen molar-refractivity contribution in [3.63, 3.8) is 0 Å². The van der Waals surface area contributed by atoms with Gasteiger partial charge in [0.2, 0.25) is 0 Å². The number of methoxy groups -OCH3 is 1. The van der Waals surface area contributed by atoms with Crippen LogP contribution in [0.2, 0.25) is 5.02 Å². The third-order valence-electron chi connectivity index (χ3n) is 2.52. The number of ether oxygens (including phenoxy) is 2. The average Bonchev–Trinajstić information content (AvgIpc) is 2.37. The molecule has 1 aromatic carbocycles. The summed E-state index contributed by atoms with van der Waals surface area (Å²) in [6.07, 6.45) is 1.24. The molecule has 0 saturated carbocycles. The molecule has 0 unspecified atom stereocenters. The van der Waals surface area contributed by atoms with E-state index in [0.717, 1.165) is 0 Å². The Hall–Kier alpha value is -1.55. The third kappa shape index (κ3) is 4.04. The van der Waals surface area contributed by atoms with E-state index in [1.807, 2.05) is 0 Å². The summed E-state index contributed by atoms with van der Waals surface area (Å²) in [6.45, 7) is 2.16. The van der Waals surface area contributed by atoms with Crippen LogP contribution in [0.15, 0.2) is 18.2 Å². The van der Waals surface area contributed by atoms with Gasteiger partial charge in [0.05, 0.1) is 24.7 Å². The molecule has 0 aliphatic carbocycles. The topological polar surface area (TPSA) is 52.6 Å². The number of aldehydes is 1. The standard InChI is InChI=1S/C13H15ClO4/c1-9(13(16)17-2)5-6-18-11-4-3-10(8-15)12(14)7-11/h3-4,7-9H,5-6H2,1-2H3/t9-/m0/s1. The zero-order chi connectivity index (χ0) is 13.5. The minimum atomic E-state index is -0.257. The molecule has 0 spiro atoms. The van der Waals surface area contributed by atoms with E-state index in [1.165, 1.54) is 7.11 Å². The molecule has 0 heterocycles. The lowest BCUT2D eigenvalue weighted by molar-refractivity contribution is -0.145. The van der Waals surface area contributed by atoms with Crippen LogP contribution in [-0.4, -0.2) is 26.0 Å². The SMILES string of the molecule is COC(=O)[C@@H](C)CCOc1ccc(C=O)c(Cl)c1. The number of carbonyl (C=O) groups excluding carboxylic acids is 2. The van der Waals surface area contributed by atoms with Crippen LogP contribution in [0.25, 0.3) is 0 Å². The molecule has 1 atom stereocenters. The summed E-state index contributed by atoms with van der Waals surface area (Å²) < 4.78 is 10.1. The lowest BCUT2D eigenvalue weighted by atomic mass is 10.1. The summed E-state index contributed by atoms with van der Waals surface area (Å²) in [5.41, 5.74) is 0.423. The molecule has 0 fully saturated rings. The quantitative estimate of drug-likeness (QED) is 0.589. The first-order chi connectivity index (χ1) is 8.58. The number of esters is 1. The van der Waals surface area contributed by atoms with Crippen LogP contribution >= 0.6 is 11.6 Å². The van der Waals surface area contributed by atoms with Crippen LogP contribution in [0.1, 0.15) is 23.7 Å². The molecule has 0 aliphatic rings. The largest absolute Gasteiger partial charge is 0.494 e. The van der Waals surface area contributed by atoms with Gasteiger partial charge in [-0.1, -0.05) is 18.5 Å². The van der Waals surface area contributed by atoms with Crippen molar-refractivity contribution < 1.29 is 19.1 Å².